The van der Waals surface area contributed by atoms with E-state index in [-0.39, 0.29) is 18.4 Å². The molecule has 6 heteroatoms. The molecule has 0 spiro atoms. The molecule has 0 aliphatic rings. The van der Waals surface area contributed by atoms with Gasteiger partial charge in [-0.2, -0.15) is 0 Å². The molecule has 144 valence electrons. The molecule has 0 fully saturated rings. The van der Waals surface area contributed by atoms with Crippen molar-refractivity contribution in [2.24, 2.45) is 0 Å². The summed E-state index contributed by atoms with van der Waals surface area (Å²) < 4.78 is 10.6. The third kappa shape index (κ3) is 7.01. The Bertz CT molecular complexity index is 744. The van der Waals surface area contributed by atoms with Crippen LogP contribution in [0.2, 0.25) is 0 Å². The van der Waals surface area contributed by atoms with Gasteiger partial charge in [-0.25, -0.2) is 0 Å². The Balaban J connectivity index is 1.78. The fraction of sp³-hybridized carbons (Fsp3) is 0.333. The topological polar surface area (TPSA) is 76.7 Å². The van der Waals surface area contributed by atoms with E-state index in [1.54, 1.807) is 55.6 Å². The summed E-state index contributed by atoms with van der Waals surface area (Å²) in [4.78, 5) is 24.0. The van der Waals surface area contributed by atoms with Crippen LogP contribution in [-0.2, 0) is 4.79 Å². The summed E-state index contributed by atoms with van der Waals surface area (Å²) in [6, 6.07) is 13.8. The van der Waals surface area contributed by atoms with E-state index in [2.05, 4.69) is 17.6 Å². The van der Waals surface area contributed by atoms with Crippen LogP contribution in [0.3, 0.4) is 0 Å². The fourth-order valence-electron chi connectivity index (χ4n) is 2.43. The Morgan fingerprint density at radius 3 is 2.48 bits per heavy atom. The standard InChI is InChI=1S/C21H26N2O4/c1-3-4-5-13-22-21(25)16-9-11-18(12-10-16)27-15-20(24)23-17-7-6-8-19(14-17)26-2/h6-12,14H,3-5,13,15H2,1-2H3,(H,22,25)(H,23,24). The first-order valence-corrected chi connectivity index (χ1v) is 9.07. The van der Waals surface area contributed by atoms with Crippen molar-refractivity contribution < 1.29 is 19.1 Å². The van der Waals surface area contributed by atoms with Gasteiger partial charge in [0.15, 0.2) is 6.61 Å². The number of rotatable bonds is 10. The molecule has 27 heavy (non-hydrogen) atoms. The van der Waals surface area contributed by atoms with Gasteiger partial charge in [-0.05, 0) is 42.8 Å². The molecule has 6 nitrogen and oxygen atoms in total. The van der Waals surface area contributed by atoms with Crippen LogP contribution in [0.1, 0.15) is 36.5 Å². The van der Waals surface area contributed by atoms with Gasteiger partial charge in [-0.3, -0.25) is 9.59 Å². The maximum Gasteiger partial charge on any atom is 0.262 e. The van der Waals surface area contributed by atoms with Gasteiger partial charge in [0.05, 0.1) is 7.11 Å². The van der Waals surface area contributed by atoms with E-state index >= 15 is 0 Å². The van der Waals surface area contributed by atoms with E-state index in [1.807, 2.05) is 0 Å². The number of unbranched alkanes of at least 4 members (excludes halogenated alkanes) is 2. The van der Waals surface area contributed by atoms with Crippen molar-refractivity contribution in [1.29, 1.82) is 0 Å². The van der Waals surface area contributed by atoms with Gasteiger partial charge in [0.25, 0.3) is 11.8 Å². The molecule has 0 heterocycles. The number of carbonyl (C=O) groups excluding carboxylic acids is 2. The minimum atomic E-state index is -0.277. The quantitative estimate of drug-likeness (QED) is 0.626. The van der Waals surface area contributed by atoms with Crippen LogP contribution in [0.4, 0.5) is 5.69 Å². The molecule has 0 atom stereocenters. The summed E-state index contributed by atoms with van der Waals surface area (Å²) in [5.41, 5.74) is 1.21. The molecule has 0 bridgehead atoms. The zero-order valence-electron chi connectivity index (χ0n) is 15.8. The molecule has 0 aliphatic heterocycles. The molecule has 0 unspecified atom stereocenters. The van der Waals surface area contributed by atoms with E-state index in [4.69, 9.17) is 9.47 Å². The molecule has 2 amide bonds. The molecular weight excluding hydrogens is 344 g/mol. The summed E-state index contributed by atoms with van der Waals surface area (Å²) in [7, 11) is 1.57. The summed E-state index contributed by atoms with van der Waals surface area (Å²) in [5, 5.41) is 5.63. The monoisotopic (exact) mass is 370 g/mol. The SMILES string of the molecule is CCCCCNC(=O)c1ccc(OCC(=O)Nc2cccc(OC)c2)cc1. The predicted molar refractivity (Wildman–Crippen MR) is 105 cm³/mol. The fourth-order valence-corrected chi connectivity index (χ4v) is 2.43. The Morgan fingerprint density at radius 1 is 1.00 bits per heavy atom. The number of hydrogen-bond acceptors (Lipinski definition) is 4. The van der Waals surface area contributed by atoms with Crippen molar-refractivity contribution in [1.82, 2.24) is 5.32 Å². The lowest BCUT2D eigenvalue weighted by atomic mass is 10.2. The highest BCUT2D eigenvalue weighted by Gasteiger charge is 2.07. The number of anilines is 1. The molecule has 2 aromatic rings. The van der Waals surface area contributed by atoms with Gasteiger partial charge in [0.2, 0.25) is 0 Å². The first-order chi connectivity index (χ1) is 13.1. The van der Waals surface area contributed by atoms with Crippen LogP contribution in [0.25, 0.3) is 0 Å². The highest BCUT2D eigenvalue weighted by atomic mass is 16.5. The van der Waals surface area contributed by atoms with E-state index in [0.717, 1.165) is 19.3 Å². The Labute approximate surface area is 159 Å². The van der Waals surface area contributed by atoms with Gasteiger partial charge >= 0.3 is 0 Å². The second kappa shape index (κ2) is 10.9. The average Bonchev–Trinajstić information content (AvgIpc) is 2.70. The number of amides is 2. The van der Waals surface area contributed by atoms with Gasteiger partial charge in [0, 0.05) is 23.9 Å². The number of ether oxygens (including phenoxy) is 2. The summed E-state index contributed by atoms with van der Waals surface area (Å²) in [6.07, 6.45) is 3.20. The molecule has 2 N–H and O–H groups in total. The highest BCUT2D eigenvalue weighted by molar-refractivity contribution is 5.94. The van der Waals surface area contributed by atoms with E-state index in [0.29, 0.717) is 29.3 Å². The lowest BCUT2D eigenvalue weighted by molar-refractivity contribution is -0.118. The minimum absolute atomic E-state index is 0.103. The molecule has 0 radical (unpaired) electrons. The molecular formula is C21H26N2O4. The second-order valence-corrected chi connectivity index (χ2v) is 6.06. The van der Waals surface area contributed by atoms with Crippen LogP contribution in [0.15, 0.2) is 48.5 Å². The van der Waals surface area contributed by atoms with Crippen molar-refractivity contribution >= 4 is 17.5 Å². The van der Waals surface area contributed by atoms with Gasteiger partial charge in [0.1, 0.15) is 11.5 Å². The summed E-state index contributed by atoms with van der Waals surface area (Å²) in [5.74, 6) is 0.810. The number of nitrogens with one attached hydrogen (secondary N) is 2. The first kappa shape index (κ1) is 20.3. The van der Waals surface area contributed by atoms with E-state index in [1.165, 1.54) is 0 Å². The van der Waals surface area contributed by atoms with Crippen molar-refractivity contribution in [2.45, 2.75) is 26.2 Å². The van der Waals surface area contributed by atoms with Gasteiger partial charge < -0.3 is 20.1 Å². The average molecular weight is 370 g/mol. The third-order valence-electron chi connectivity index (χ3n) is 3.91. The van der Waals surface area contributed by atoms with E-state index < -0.39 is 0 Å². The number of hydrogen-bond donors (Lipinski definition) is 2. The minimum Gasteiger partial charge on any atom is -0.497 e. The second-order valence-electron chi connectivity index (χ2n) is 6.06. The van der Waals surface area contributed by atoms with Crippen molar-refractivity contribution in [2.75, 3.05) is 25.6 Å². The Morgan fingerprint density at radius 2 is 1.78 bits per heavy atom. The summed E-state index contributed by atoms with van der Waals surface area (Å²) >= 11 is 0. The molecule has 0 aromatic heterocycles. The molecule has 2 rings (SSSR count). The van der Waals surface area contributed by atoms with Crippen LogP contribution in [-0.4, -0.2) is 32.1 Å². The summed E-state index contributed by atoms with van der Waals surface area (Å²) in [6.45, 7) is 2.67. The van der Waals surface area contributed by atoms with Gasteiger partial charge in [-0.15, -0.1) is 0 Å². The maximum atomic E-state index is 12.0. The number of carbonyl (C=O) groups is 2. The lowest BCUT2D eigenvalue weighted by Gasteiger charge is -2.09. The van der Waals surface area contributed by atoms with Crippen LogP contribution in [0.5, 0.6) is 11.5 Å². The Kier molecular flexibility index (Phi) is 8.16. The molecule has 0 saturated heterocycles. The van der Waals surface area contributed by atoms with Gasteiger partial charge in [-0.1, -0.05) is 25.8 Å². The highest BCUT2D eigenvalue weighted by Crippen LogP contribution is 2.17. The largest absolute Gasteiger partial charge is 0.497 e. The number of benzene rings is 2. The van der Waals surface area contributed by atoms with Crippen molar-refractivity contribution in [3.63, 3.8) is 0 Å². The smallest absolute Gasteiger partial charge is 0.262 e. The normalized spacial score (nSPS) is 10.1. The zero-order valence-corrected chi connectivity index (χ0v) is 15.8. The van der Waals surface area contributed by atoms with Crippen LogP contribution >= 0.6 is 0 Å². The maximum absolute atomic E-state index is 12.0. The van der Waals surface area contributed by atoms with E-state index in [9.17, 15) is 9.59 Å². The Hall–Kier alpha value is -3.02. The van der Waals surface area contributed by atoms with Crippen LogP contribution in [0, 0.1) is 0 Å². The molecule has 0 aliphatic carbocycles. The van der Waals surface area contributed by atoms with Crippen molar-refractivity contribution in [3.8, 4) is 11.5 Å². The number of methoxy groups -OCH3 is 1. The predicted octanol–water partition coefficient (Wildman–Crippen LogP) is 3.63. The zero-order chi connectivity index (χ0) is 19.5. The first-order valence-electron chi connectivity index (χ1n) is 9.07. The molecule has 2 aromatic carbocycles. The van der Waals surface area contributed by atoms with Crippen LogP contribution < -0.4 is 20.1 Å². The van der Waals surface area contributed by atoms with Crippen molar-refractivity contribution in [3.05, 3.63) is 54.1 Å². The molecule has 0 saturated carbocycles. The lowest BCUT2D eigenvalue weighted by Crippen LogP contribution is -2.24. The third-order valence-corrected chi connectivity index (χ3v) is 3.91.